The molecule has 0 bridgehead atoms. The van der Waals surface area contributed by atoms with E-state index in [1.54, 1.807) is 0 Å². The predicted octanol–water partition coefficient (Wildman–Crippen LogP) is -3.13. The van der Waals surface area contributed by atoms with Gasteiger partial charge in [-0.15, -0.1) is 11.8 Å². The zero-order chi connectivity index (χ0) is 11.9. The summed E-state index contributed by atoms with van der Waals surface area (Å²) in [6.45, 7) is 0. The third-order valence-electron chi connectivity index (χ3n) is 2.55. The molecule has 2 aliphatic heterocycles. The molecule has 6 nitrogen and oxygen atoms in total. The van der Waals surface area contributed by atoms with Gasteiger partial charge < -0.3 is 16.5 Å². The van der Waals surface area contributed by atoms with E-state index in [1.165, 1.54) is 22.7 Å². The van der Waals surface area contributed by atoms with Crippen molar-refractivity contribution in [3.8, 4) is 0 Å². The maximum atomic E-state index is 11.2. The predicted molar refractivity (Wildman–Crippen MR) is 55.9 cm³/mol. The van der Waals surface area contributed by atoms with Crippen LogP contribution in [0.2, 0.25) is 0 Å². The van der Waals surface area contributed by atoms with Crippen molar-refractivity contribution in [1.82, 2.24) is 4.90 Å². The van der Waals surface area contributed by atoms with Crippen LogP contribution in [0.5, 0.6) is 0 Å². The van der Waals surface area contributed by atoms with Crippen LogP contribution in [0.4, 0.5) is 0 Å². The molecule has 0 spiro atoms. The number of carboxylic acids is 2. The molecule has 17 heavy (non-hydrogen) atoms. The maximum Gasteiger partial charge on any atom is 1.00 e. The van der Waals surface area contributed by atoms with Gasteiger partial charge >= 0.3 is 41.5 Å². The summed E-state index contributed by atoms with van der Waals surface area (Å²) >= 11 is 1.32. The van der Waals surface area contributed by atoms with Crippen molar-refractivity contribution in [3.05, 3.63) is 12.2 Å². The van der Waals surface area contributed by atoms with Crippen LogP contribution in [0.3, 0.4) is 0 Å². The Bertz CT molecular complexity index is 404. The van der Waals surface area contributed by atoms with Gasteiger partial charge in [-0.25, -0.2) is 9.59 Å². The normalized spacial score (nSPS) is 30.7. The second kappa shape index (κ2) is 5.43. The summed E-state index contributed by atoms with van der Waals surface area (Å²) in [7, 11) is 0. The quantitative estimate of drug-likeness (QED) is 0.319. The van der Waals surface area contributed by atoms with Crippen LogP contribution >= 0.6 is 11.8 Å². The van der Waals surface area contributed by atoms with Gasteiger partial charge in [-0.1, -0.05) is 6.08 Å². The number of fused-ring (bicyclic) bond motifs is 1. The maximum absolute atomic E-state index is 11.2. The Hall–Kier alpha value is -0.500. The van der Waals surface area contributed by atoms with E-state index >= 15 is 0 Å². The van der Waals surface area contributed by atoms with E-state index in [0.29, 0.717) is 6.42 Å². The Kier molecular flexibility index (Phi) is 4.65. The first-order valence-corrected chi connectivity index (χ1v) is 5.55. The van der Waals surface area contributed by atoms with Gasteiger partial charge in [0.15, 0.2) is 0 Å². The van der Waals surface area contributed by atoms with Crippen molar-refractivity contribution in [2.24, 2.45) is 0 Å². The molecule has 0 aromatic rings. The van der Waals surface area contributed by atoms with Crippen molar-refractivity contribution < 1.29 is 55.6 Å². The number of nitrogens with zero attached hydrogens (tertiary/aromatic N) is 1. The third-order valence-corrected chi connectivity index (χ3v) is 3.99. The molecule has 3 unspecified atom stereocenters. The molecule has 0 saturated carbocycles. The number of carboxylic acid groups (broad SMARTS) is 2. The molecule has 2 saturated heterocycles. The van der Waals surface area contributed by atoms with E-state index in [4.69, 9.17) is 10.2 Å². The minimum Gasteiger partial charge on any atom is -1.00 e. The van der Waals surface area contributed by atoms with Crippen molar-refractivity contribution in [3.63, 3.8) is 0 Å². The average Bonchev–Trinajstić information content (AvgIpc) is 2.47. The molecule has 88 valence electrons. The minimum atomic E-state index is -1.12. The zero-order valence-electron chi connectivity index (χ0n) is 10.1. The van der Waals surface area contributed by atoms with Gasteiger partial charge in [-0.3, -0.25) is 4.79 Å². The van der Waals surface area contributed by atoms with Crippen LogP contribution in [0.1, 0.15) is 7.85 Å². The molecule has 0 aliphatic carbocycles. The molecule has 0 aromatic carbocycles. The molecular formula is C9H10NNaO5S. The fraction of sp³-hybridized carbons (Fsp3) is 0.444. The van der Waals surface area contributed by atoms with Crippen LogP contribution < -0.4 is 29.6 Å². The van der Waals surface area contributed by atoms with E-state index in [-0.39, 0.29) is 42.3 Å². The molecule has 8 heteroatoms. The Morgan fingerprint density at radius 2 is 2.12 bits per heavy atom. The number of carbonyl (C=O) groups excluding carboxylic acids is 1. The molecule has 3 atom stereocenters. The van der Waals surface area contributed by atoms with Gasteiger partial charge in [0.05, 0.1) is 17.0 Å². The number of carbonyl (C=O) groups is 3. The minimum absolute atomic E-state index is 0. The summed E-state index contributed by atoms with van der Waals surface area (Å²) in [5.74, 6) is -2.40. The monoisotopic (exact) mass is 267 g/mol. The third kappa shape index (κ3) is 2.67. The Morgan fingerprint density at radius 1 is 1.47 bits per heavy atom. The molecular weight excluding hydrogens is 257 g/mol. The Balaban J connectivity index is 0.00000144. The van der Waals surface area contributed by atoms with Gasteiger partial charge in [-0.2, -0.15) is 0 Å². The number of rotatable bonds is 3. The van der Waals surface area contributed by atoms with E-state index in [1.807, 2.05) is 0 Å². The number of amides is 1. The summed E-state index contributed by atoms with van der Waals surface area (Å²) in [6.07, 6.45) is 2.59. The largest absolute Gasteiger partial charge is 1.00 e. The van der Waals surface area contributed by atoms with Crippen LogP contribution in [0, 0.1) is 0 Å². The van der Waals surface area contributed by atoms with E-state index in [9.17, 15) is 14.4 Å². The Labute approximate surface area is 125 Å². The van der Waals surface area contributed by atoms with Crippen molar-refractivity contribution in [2.45, 2.75) is 23.1 Å². The molecule has 0 radical (unpaired) electrons. The second-order valence-electron chi connectivity index (χ2n) is 3.54. The fourth-order valence-electron chi connectivity index (χ4n) is 1.85. The number of β-lactam (4-membered cyclic amide) rings is 1. The zero-order valence-corrected chi connectivity index (χ0v) is 11.9. The van der Waals surface area contributed by atoms with Crippen molar-refractivity contribution in [2.75, 3.05) is 0 Å². The first-order valence-electron chi connectivity index (χ1n) is 4.61. The smallest absolute Gasteiger partial charge is 1.00 e. The molecule has 2 rings (SSSR count). The molecule has 0 aromatic heterocycles. The van der Waals surface area contributed by atoms with E-state index < -0.39 is 23.2 Å². The summed E-state index contributed by atoms with van der Waals surface area (Å²) in [5.41, 5.74) is 0. The van der Waals surface area contributed by atoms with Gasteiger partial charge in [0.25, 0.3) is 0 Å². The van der Waals surface area contributed by atoms with E-state index in [2.05, 4.69) is 0 Å². The molecule has 2 heterocycles. The number of hydrogen-bond donors (Lipinski definition) is 2. The van der Waals surface area contributed by atoms with Gasteiger partial charge in [0, 0.05) is 6.08 Å². The summed E-state index contributed by atoms with van der Waals surface area (Å²) < 4.78 is 0. The molecule has 1 amide bonds. The molecule has 2 N–H and O–H groups in total. The van der Waals surface area contributed by atoms with Crippen LogP contribution in [0.15, 0.2) is 12.2 Å². The van der Waals surface area contributed by atoms with Gasteiger partial charge in [0.2, 0.25) is 5.91 Å². The van der Waals surface area contributed by atoms with Crippen molar-refractivity contribution >= 4 is 29.6 Å². The average molecular weight is 267 g/mol. The number of thioether (sulfide) groups is 1. The second-order valence-corrected chi connectivity index (χ2v) is 4.90. The first kappa shape index (κ1) is 14.6. The molecule has 2 fully saturated rings. The standard InChI is InChI=1S/C9H9NO5S.Na.H/c11-5-3-6-10(5)8(9(14)15)4(16-6)1-2-7(12)13;;/h1-2,4,6,8H,3H2,(H,12,13)(H,14,15);;/q;+1;-1. The first-order chi connectivity index (χ1) is 7.50. The van der Waals surface area contributed by atoms with Crippen LogP contribution in [0.25, 0.3) is 0 Å². The number of aliphatic carboxylic acids is 2. The van der Waals surface area contributed by atoms with Crippen LogP contribution in [-0.4, -0.2) is 49.6 Å². The van der Waals surface area contributed by atoms with Gasteiger partial charge in [-0.05, 0) is 0 Å². The van der Waals surface area contributed by atoms with E-state index in [0.717, 1.165) is 6.08 Å². The number of hydrogen-bond acceptors (Lipinski definition) is 4. The Morgan fingerprint density at radius 3 is 2.59 bits per heavy atom. The summed E-state index contributed by atoms with van der Waals surface area (Å²) in [5, 5.41) is 16.9. The van der Waals surface area contributed by atoms with Crippen LogP contribution in [-0.2, 0) is 14.4 Å². The fourth-order valence-corrected chi connectivity index (χ4v) is 3.40. The summed E-state index contributed by atoms with van der Waals surface area (Å²) in [4.78, 5) is 33.9. The topological polar surface area (TPSA) is 94.9 Å². The van der Waals surface area contributed by atoms with Crippen molar-refractivity contribution in [1.29, 1.82) is 0 Å². The van der Waals surface area contributed by atoms with Gasteiger partial charge in [0.1, 0.15) is 6.04 Å². The summed E-state index contributed by atoms with van der Waals surface area (Å²) in [6, 6.07) is -0.938. The molecule has 2 aliphatic rings. The SMILES string of the molecule is O=C(O)C=CC1SC2CC(=O)N2C1C(=O)O.[H-].[Na+].